The average Bonchev–Trinajstić information content (AvgIpc) is 2.03. The van der Waals surface area contributed by atoms with Gasteiger partial charge in [0.05, 0.1) is 6.10 Å². The minimum atomic E-state index is 0.271. The predicted octanol–water partition coefficient (Wildman–Crippen LogP) is 0.348. The zero-order valence-corrected chi connectivity index (χ0v) is 7.76. The van der Waals surface area contributed by atoms with E-state index >= 15 is 0 Å². The molecule has 0 aromatic heterocycles. The molecule has 0 rings (SSSR count). The molecule has 0 aliphatic rings. The number of nitrogens with two attached hydrogens (primary N) is 1. The molecule has 3 nitrogen and oxygen atoms in total. The van der Waals surface area contributed by atoms with E-state index in [9.17, 15) is 0 Å². The van der Waals surface area contributed by atoms with Gasteiger partial charge in [0.2, 0.25) is 0 Å². The second-order valence-electron chi connectivity index (χ2n) is 2.83. The summed E-state index contributed by atoms with van der Waals surface area (Å²) in [6.07, 6.45) is 1.30. The Morgan fingerprint density at radius 2 is 2.09 bits per heavy atom. The molecule has 0 aromatic rings. The maximum Gasteiger partial charge on any atom is 0.0693 e. The number of hydrogen-bond acceptors (Lipinski definition) is 3. The molecule has 0 aliphatic carbocycles. The smallest absolute Gasteiger partial charge is 0.0693 e. The fourth-order valence-electron chi connectivity index (χ4n) is 0.802. The van der Waals surface area contributed by atoms with Crippen molar-refractivity contribution in [1.82, 2.24) is 5.32 Å². The van der Waals surface area contributed by atoms with E-state index in [-0.39, 0.29) is 6.10 Å². The third-order valence-corrected chi connectivity index (χ3v) is 1.92. The summed E-state index contributed by atoms with van der Waals surface area (Å²) in [7, 11) is 1.73. The molecule has 2 atom stereocenters. The molecule has 0 heterocycles. The molecule has 0 fully saturated rings. The van der Waals surface area contributed by atoms with Crippen LogP contribution >= 0.6 is 0 Å². The summed E-state index contributed by atoms with van der Waals surface area (Å²) < 4.78 is 5.15. The minimum Gasteiger partial charge on any atom is -0.380 e. The van der Waals surface area contributed by atoms with E-state index in [1.54, 1.807) is 7.11 Å². The van der Waals surface area contributed by atoms with Gasteiger partial charge in [0, 0.05) is 13.2 Å². The zero-order chi connectivity index (χ0) is 8.69. The van der Waals surface area contributed by atoms with Crippen LogP contribution in [0.3, 0.4) is 0 Å². The van der Waals surface area contributed by atoms with Crippen LogP contribution in [-0.4, -0.2) is 32.3 Å². The molecule has 0 spiro atoms. The maximum atomic E-state index is 5.35. The topological polar surface area (TPSA) is 47.3 Å². The van der Waals surface area contributed by atoms with Crippen LogP contribution in [0, 0.1) is 0 Å². The summed E-state index contributed by atoms with van der Waals surface area (Å²) in [5.74, 6) is 0. The van der Waals surface area contributed by atoms with Crippen LogP contribution in [0.2, 0.25) is 0 Å². The first-order valence-electron chi connectivity index (χ1n) is 4.18. The molecular weight excluding hydrogens is 140 g/mol. The molecule has 0 bridgehead atoms. The molecule has 0 saturated carbocycles. The Morgan fingerprint density at radius 3 is 2.55 bits per heavy atom. The van der Waals surface area contributed by atoms with Crippen LogP contribution in [0.4, 0.5) is 0 Å². The second-order valence-corrected chi connectivity index (χ2v) is 2.83. The van der Waals surface area contributed by atoms with E-state index < -0.39 is 0 Å². The molecule has 11 heavy (non-hydrogen) atoms. The molecule has 3 heteroatoms. The van der Waals surface area contributed by atoms with Gasteiger partial charge in [0.25, 0.3) is 0 Å². The summed E-state index contributed by atoms with van der Waals surface area (Å²) in [6.45, 7) is 5.90. The van der Waals surface area contributed by atoms with Gasteiger partial charge >= 0.3 is 0 Å². The summed E-state index contributed by atoms with van der Waals surface area (Å²) in [5.41, 5.74) is 5.35. The Kier molecular flexibility index (Phi) is 6.51. The van der Waals surface area contributed by atoms with Gasteiger partial charge in [-0.2, -0.15) is 0 Å². The normalized spacial score (nSPS) is 16.4. The van der Waals surface area contributed by atoms with Crippen molar-refractivity contribution in [2.45, 2.75) is 32.4 Å². The highest BCUT2D eigenvalue weighted by molar-refractivity contribution is 4.67. The molecule has 2 unspecified atom stereocenters. The first-order chi connectivity index (χ1) is 5.22. The van der Waals surface area contributed by atoms with Crippen LogP contribution in [0.15, 0.2) is 0 Å². The van der Waals surface area contributed by atoms with Crippen molar-refractivity contribution < 1.29 is 4.74 Å². The van der Waals surface area contributed by atoms with Gasteiger partial charge in [0.1, 0.15) is 0 Å². The molecule has 0 aromatic carbocycles. The van der Waals surface area contributed by atoms with Crippen LogP contribution in [0.1, 0.15) is 20.3 Å². The van der Waals surface area contributed by atoms with Gasteiger partial charge in [-0.1, -0.05) is 0 Å². The lowest BCUT2D eigenvalue weighted by Crippen LogP contribution is -2.37. The Labute approximate surface area is 69.3 Å². The molecule has 68 valence electrons. The van der Waals surface area contributed by atoms with Crippen molar-refractivity contribution in [3.63, 3.8) is 0 Å². The lowest BCUT2D eigenvalue weighted by molar-refractivity contribution is 0.0888. The van der Waals surface area contributed by atoms with E-state index in [1.807, 2.05) is 0 Å². The highest BCUT2D eigenvalue weighted by Crippen LogP contribution is 1.95. The Balaban J connectivity index is 3.28. The van der Waals surface area contributed by atoms with Crippen LogP contribution < -0.4 is 11.1 Å². The van der Waals surface area contributed by atoms with Gasteiger partial charge in [-0.15, -0.1) is 0 Å². The van der Waals surface area contributed by atoms with Crippen LogP contribution in [0.25, 0.3) is 0 Å². The summed E-state index contributed by atoms with van der Waals surface area (Å²) in [4.78, 5) is 0. The lowest BCUT2D eigenvalue weighted by atomic mass is 10.2. The van der Waals surface area contributed by atoms with Crippen LogP contribution in [-0.2, 0) is 4.74 Å². The standard InChI is InChI=1S/C8H20N2O/c1-7(8(2)11-3)10-6-4-5-9/h7-8,10H,4-6,9H2,1-3H3. The highest BCUT2D eigenvalue weighted by Gasteiger charge is 2.08. The lowest BCUT2D eigenvalue weighted by Gasteiger charge is -2.19. The SMILES string of the molecule is COC(C)C(C)NCCCN. The van der Waals surface area contributed by atoms with E-state index in [2.05, 4.69) is 19.2 Å². The third kappa shape index (κ3) is 5.18. The van der Waals surface area contributed by atoms with Gasteiger partial charge in [0.15, 0.2) is 0 Å². The first-order valence-corrected chi connectivity index (χ1v) is 4.18. The van der Waals surface area contributed by atoms with E-state index in [1.165, 1.54) is 0 Å². The van der Waals surface area contributed by atoms with Crippen molar-refractivity contribution in [2.75, 3.05) is 20.2 Å². The van der Waals surface area contributed by atoms with Crippen molar-refractivity contribution in [3.05, 3.63) is 0 Å². The predicted molar refractivity (Wildman–Crippen MR) is 47.6 cm³/mol. The first kappa shape index (κ1) is 10.9. The summed E-state index contributed by atoms with van der Waals surface area (Å²) in [5, 5.41) is 3.33. The second kappa shape index (κ2) is 6.58. The summed E-state index contributed by atoms with van der Waals surface area (Å²) in [6, 6.07) is 0.409. The molecular formula is C8H20N2O. The number of rotatable bonds is 6. The molecule has 3 N–H and O–H groups in total. The quantitative estimate of drug-likeness (QED) is 0.551. The van der Waals surface area contributed by atoms with Crippen LogP contribution in [0.5, 0.6) is 0 Å². The summed E-state index contributed by atoms with van der Waals surface area (Å²) >= 11 is 0. The van der Waals surface area contributed by atoms with Crippen molar-refractivity contribution in [1.29, 1.82) is 0 Å². The van der Waals surface area contributed by atoms with Gasteiger partial charge in [-0.3, -0.25) is 0 Å². The Bertz CT molecular complexity index is 88.2. The van der Waals surface area contributed by atoms with E-state index in [0.717, 1.165) is 19.5 Å². The van der Waals surface area contributed by atoms with Crippen molar-refractivity contribution >= 4 is 0 Å². The largest absolute Gasteiger partial charge is 0.380 e. The van der Waals surface area contributed by atoms with E-state index in [0.29, 0.717) is 6.04 Å². The minimum absolute atomic E-state index is 0.271. The monoisotopic (exact) mass is 160 g/mol. The van der Waals surface area contributed by atoms with Gasteiger partial charge in [-0.05, 0) is 33.4 Å². The highest BCUT2D eigenvalue weighted by atomic mass is 16.5. The van der Waals surface area contributed by atoms with E-state index in [4.69, 9.17) is 10.5 Å². The van der Waals surface area contributed by atoms with Gasteiger partial charge < -0.3 is 15.8 Å². The Hall–Kier alpha value is -0.120. The molecule has 0 saturated heterocycles. The number of methoxy groups -OCH3 is 1. The molecule has 0 amide bonds. The third-order valence-electron chi connectivity index (χ3n) is 1.92. The average molecular weight is 160 g/mol. The number of hydrogen-bond donors (Lipinski definition) is 2. The van der Waals surface area contributed by atoms with Gasteiger partial charge in [-0.25, -0.2) is 0 Å². The number of ether oxygens (including phenoxy) is 1. The fraction of sp³-hybridized carbons (Fsp3) is 1.00. The molecule has 0 radical (unpaired) electrons. The number of nitrogens with one attached hydrogen (secondary N) is 1. The fourth-order valence-corrected chi connectivity index (χ4v) is 0.802. The van der Waals surface area contributed by atoms with Crippen molar-refractivity contribution in [2.24, 2.45) is 5.73 Å². The zero-order valence-electron chi connectivity index (χ0n) is 7.76. The molecule has 0 aliphatic heterocycles. The Morgan fingerprint density at radius 1 is 1.45 bits per heavy atom. The van der Waals surface area contributed by atoms with Crippen molar-refractivity contribution in [3.8, 4) is 0 Å². The maximum absolute atomic E-state index is 5.35.